The van der Waals surface area contributed by atoms with Gasteiger partial charge in [0.05, 0.1) is 18.8 Å². The summed E-state index contributed by atoms with van der Waals surface area (Å²) >= 11 is 5.91. The first-order chi connectivity index (χ1) is 18.2. The Bertz CT molecular complexity index is 1410. The van der Waals surface area contributed by atoms with Crippen molar-refractivity contribution in [3.8, 4) is 11.4 Å². The van der Waals surface area contributed by atoms with Gasteiger partial charge in [0.15, 0.2) is 17.8 Å². The maximum absolute atomic E-state index is 14.6. The molecule has 2 heterocycles. The highest BCUT2D eigenvalue weighted by molar-refractivity contribution is 6.30. The van der Waals surface area contributed by atoms with E-state index in [1.807, 2.05) is 13.8 Å². The number of amidine groups is 1. The third kappa shape index (κ3) is 6.15. The Morgan fingerprint density at radius 3 is 2.31 bits per heavy atom. The molecule has 2 atom stereocenters. The first-order valence-electron chi connectivity index (χ1n) is 12.0. The molecule has 1 aliphatic rings. The molecule has 0 radical (unpaired) electrons. The molecule has 0 saturated heterocycles. The van der Waals surface area contributed by atoms with Gasteiger partial charge in [0.25, 0.3) is 0 Å². The first-order valence-corrected chi connectivity index (χ1v) is 12.3. The molecule has 2 aromatic carbocycles. The first kappa shape index (κ1) is 28.7. The van der Waals surface area contributed by atoms with E-state index in [2.05, 4.69) is 15.5 Å². The Morgan fingerprint density at radius 2 is 1.72 bits per heavy atom. The second kappa shape index (κ2) is 10.7. The number of alkyl halides is 5. The van der Waals surface area contributed by atoms with Gasteiger partial charge in [0, 0.05) is 17.5 Å². The van der Waals surface area contributed by atoms with E-state index in [-0.39, 0.29) is 23.9 Å². The van der Waals surface area contributed by atoms with Crippen molar-refractivity contribution in [2.45, 2.75) is 64.1 Å². The quantitative estimate of drug-likeness (QED) is 0.378. The number of hydrazine groups is 1. The second-order valence-corrected chi connectivity index (χ2v) is 9.93. The Kier molecular flexibility index (Phi) is 7.88. The van der Waals surface area contributed by atoms with Crippen LogP contribution in [0.5, 0.6) is 0 Å². The van der Waals surface area contributed by atoms with Crippen molar-refractivity contribution in [3.05, 3.63) is 69.6 Å². The summed E-state index contributed by atoms with van der Waals surface area (Å²) in [7, 11) is 0. The number of rotatable bonds is 8. The molecule has 1 aliphatic heterocycles. The van der Waals surface area contributed by atoms with Crippen LogP contribution in [-0.4, -0.2) is 49.7 Å². The predicted octanol–water partition coefficient (Wildman–Crippen LogP) is 4.82. The number of aromatic nitrogens is 3. The summed E-state index contributed by atoms with van der Waals surface area (Å²) in [5.41, 5.74) is 3.37. The Morgan fingerprint density at radius 1 is 1.08 bits per heavy atom. The number of aliphatic hydroxyl groups excluding tert-OH is 1. The van der Waals surface area contributed by atoms with E-state index in [0.717, 1.165) is 15.3 Å². The van der Waals surface area contributed by atoms with Crippen LogP contribution in [0.3, 0.4) is 0 Å². The molecular formula is C25H26ClF5N6O2. The van der Waals surface area contributed by atoms with E-state index in [9.17, 15) is 31.9 Å². The van der Waals surface area contributed by atoms with Crippen molar-refractivity contribution < 1.29 is 27.1 Å². The minimum Gasteiger partial charge on any atom is -0.382 e. The van der Waals surface area contributed by atoms with Crippen LogP contribution in [0.15, 0.2) is 58.3 Å². The van der Waals surface area contributed by atoms with Crippen LogP contribution in [0.1, 0.15) is 32.3 Å². The number of anilines is 1. The summed E-state index contributed by atoms with van der Waals surface area (Å²) in [5.74, 6) is -4.11. The fraction of sp³-hybridized carbons (Fsp3) is 0.400. The average molecular weight is 573 g/mol. The fourth-order valence-corrected chi connectivity index (χ4v) is 4.30. The van der Waals surface area contributed by atoms with Gasteiger partial charge in [-0.3, -0.25) is 9.58 Å². The number of para-hydroxylation sites is 1. The van der Waals surface area contributed by atoms with E-state index in [4.69, 9.17) is 11.6 Å². The van der Waals surface area contributed by atoms with Gasteiger partial charge in [-0.1, -0.05) is 43.6 Å². The van der Waals surface area contributed by atoms with Gasteiger partial charge < -0.3 is 5.11 Å². The molecular weight excluding hydrogens is 547 g/mol. The lowest BCUT2D eigenvalue weighted by Gasteiger charge is -2.27. The van der Waals surface area contributed by atoms with E-state index in [0.29, 0.717) is 22.2 Å². The normalized spacial score (nSPS) is 17.2. The maximum atomic E-state index is 14.6. The molecule has 3 aromatic rings. The number of nitrogens with zero attached hydrogens (tertiary/aromatic N) is 5. The summed E-state index contributed by atoms with van der Waals surface area (Å²) < 4.78 is 70.1. The largest absolute Gasteiger partial charge is 0.416 e. The van der Waals surface area contributed by atoms with E-state index in [1.54, 1.807) is 24.3 Å². The van der Waals surface area contributed by atoms with Gasteiger partial charge in [-0.2, -0.15) is 22.0 Å². The van der Waals surface area contributed by atoms with Gasteiger partial charge in [-0.05, 0) is 41.8 Å². The maximum Gasteiger partial charge on any atom is 0.416 e. The molecule has 0 amide bonds. The van der Waals surface area contributed by atoms with Crippen molar-refractivity contribution in [1.82, 2.24) is 19.8 Å². The molecule has 14 heteroatoms. The number of hydrogen-bond acceptors (Lipinski definition) is 6. The molecule has 2 N–H and O–H groups in total. The van der Waals surface area contributed by atoms with E-state index in [1.165, 1.54) is 24.3 Å². The van der Waals surface area contributed by atoms with Crippen LogP contribution in [0.25, 0.3) is 11.4 Å². The fourth-order valence-electron chi connectivity index (χ4n) is 4.18. The topological polar surface area (TPSA) is 87.7 Å². The third-order valence-electron chi connectivity index (χ3n) is 6.06. The summed E-state index contributed by atoms with van der Waals surface area (Å²) in [6.07, 6.45) is -8.92. The molecule has 39 heavy (non-hydrogen) atoms. The number of benzene rings is 2. The lowest BCUT2D eigenvalue weighted by atomic mass is 10.0. The summed E-state index contributed by atoms with van der Waals surface area (Å²) in [5, 5.41) is 15.3. The van der Waals surface area contributed by atoms with Crippen LogP contribution < -0.4 is 16.1 Å². The molecule has 0 fully saturated rings. The predicted molar refractivity (Wildman–Crippen MR) is 137 cm³/mol. The lowest BCUT2D eigenvalue weighted by molar-refractivity contribution is -0.207. The second-order valence-electron chi connectivity index (χ2n) is 9.50. The minimum atomic E-state index is -4.98. The van der Waals surface area contributed by atoms with Gasteiger partial charge in [-0.15, -0.1) is 5.10 Å². The van der Waals surface area contributed by atoms with Crippen molar-refractivity contribution in [2.24, 2.45) is 4.99 Å². The number of aliphatic hydroxyl groups is 1. The highest BCUT2D eigenvalue weighted by Crippen LogP contribution is 2.32. The summed E-state index contributed by atoms with van der Waals surface area (Å²) in [6.45, 7) is 3.02. The molecule has 0 spiro atoms. The van der Waals surface area contributed by atoms with Gasteiger partial charge in [0.2, 0.25) is 0 Å². The molecule has 0 bridgehead atoms. The van der Waals surface area contributed by atoms with Crippen molar-refractivity contribution in [2.75, 3.05) is 5.01 Å². The highest BCUT2D eigenvalue weighted by atomic mass is 35.5. The van der Waals surface area contributed by atoms with E-state index < -0.39 is 42.4 Å². The zero-order valence-electron chi connectivity index (χ0n) is 21.1. The Labute approximate surface area is 225 Å². The minimum absolute atomic E-state index is 0.00547. The van der Waals surface area contributed by atoms with Crippen molar-refractivity contribution in [3.63, 3.8) is 0 Å². The van der Waals surface area contributed by atoms with Crippen LogP contribution in [0, 0.1) is 0 Å². The van der Waals surface area contributed by atoms with Gasteiger partial charge in [0.1, 0.15) is 6.17 Å². The van der Waals surface area contributed by atoms with Crippen LogP contribution in [0.4, 0.5) is 27.6 Å². The molecule has 4 rings (SSSR count). The molecule has 1 unspecified atom stereocenters. The SMILES string of the molecule is CC(C)c1ccccc1N1NC(Cn2nc(-c3ccc(Cl)cc3)n(C[C@H](O)C(F)(F)F)c2=O)N=C1C(C)(F)F. The standard InChI is InChI=1S/C25H26ClF5N6O2/c1-14(2)17-6-4-5-7-18(17)37-22(24(3,27)28)32-20(33-37)13-36-23(39)35(12-19(38)25(29,30)31)21(34-36)15-8-10-16(26)11-9-15/h4-11,14,19-20,33,38H,12-13H2,1-3H3/t19-,20?/m0/s1. The van der Waals surface area contributed by atoms with Crippen molar-refractivity contribution in [1.29, 1.82) is 0 Å². The van der Waals surface area contributed by atoms with Gasteiger partial charge in [-0.25, -0.2) is 19.9 Å². The zero-order valence-corrected chi connectivity index (χ0v) is 21.9. The molecule has 210 valence electrons. The monoisotopic (exact) mass is 572 g/mol. The number of nitrogens with one attached hydrogen (secondary N) is 1. The lowest BCUT2D eigenvalue weighted by Crippen LogP contribution is -2.48. The van der Waals surface area contributed by atoms with Crippen molar-refractivity contribution >= 4 is 23.1 Å². The van der Waals surface area contributed by atoms with Crippen LogP contribution >= 0.6 is 11.6 Å². The molecule has 8 nitrogen and oxygen atoms in total. The highest BCUT2D eigenvalue weighted by Gasteiger charge is 2.42. The summed E-state index contributed by atoms with van der Waals surface area (Å²) in [6, 6.07) is 12.8. The smallest absolute Gasteiger partial charge is 0.382 e. The Balaban J connectivity index is 1.72. The number of hydrogen-bond donors (Lipinski definition) is 2. The molecule has 0 saturated carbocycles. The van der Waals surface area contributed by atoms with Gasteiger partial charge >= 0.3 is 17.8 Å². The van der Waals surface area contributed by atoms with Crippen LogP contribution in [0.2, 0.25) is 5.02 Å². The van der Waals surface area contributed by atoms with Crippen LogP contribution in [-0.2, 0) is 13.1 Å². The zero-order chi connectivity index (χ0) is 28.7. The number of aliphatic imine (C=N–C) groups is 1. The Hall–Kier alpha value is -3.29. The molecule has 1 aromatic heterocycles. The van der Waals surface area contributed by atoms with E-state index >= 15 is 0 Å². The molecule has 0 aliphatic carbocycles. The average Bonchev–Trinajstić information content (AvgIpc) is 3.41. The third-order valence-corrected chi connectivity index (χ3v) is 6.32. The summed E-state index contributed by atoms with van der Waals surface area (Å²) in [4.78, 5) is 17.3. The number of halogens is 6.